The molecule has 0 bridgehead atoms. The maximum atomic E-state index is 10.1. The molecule has 4 heteroatoms. The third-order valence-electron chi connectivity index (χ3n) is 2.42. The van der Waals surface area contributed by atoms with Gasteiger partial charge in [0.05, 0.1) is 0 Å². The van der Waals surface area contributed by atoms with Crippen molar-refractivity contribution >= 4 is 15.5 Å². The van der Waals surface area contributed by atoms with Gasteiger partial charge in [0.1, 0.15) is 0 Å². The lowest BCUT2D eigenvalue weighted by Crippen LogP contribution is -2.10. The number of benzene rings is 1. The Hall–Kier alpha value is -1.55. The van der Waals surface area contributed by atoms with Crippen LogP contribution in [-0.2, 0) is 16.3 Å². The Balaban J connectivity index is 0.000000185. The number of para-hydroxylation sites is 1. The Labute approximate surface area is 103 Å². The maximum Gasteiger partial charge on any atom is 0.191 e. The third-order valence-corrected chi connectivity index (χ3v) is 3.35. The molecule has 0 saturated heterocycles. The first-order chi connectivity index (χ1) is 8.09. The molecule has 17 heavy (non-hydrogen) atoms. The number of anilines is 1. The van der Waals surface area contributed by atoms with Gasteiger partial charge in [0.25, 0.3) is 0 Å². The molecule has 0 saturated carbocycles. The first-order valence-corrected chi connectivity index (χ1v) is 7.02. The molecule has 3 nitrogen and oxygen atoms in total. The number of sulfone groups is 1. The summed E-state index contributed by atoms with van der Waals surface area (Å²) in [6.45, 7) is 7.22. The fourth-order valence-electron chi connectivity index (χ4n) is 1.48. The number of hydrogen-bond acceptors (Lipinski definition) is 3. The van der Waals surface area contributed by atoms with Crippen LogP contribution in [0.25, 0.3) is 0 Å². The highest BCUT2D eigenvalue weighted by molar-refractivity contribution is 7.97. The summed E-state index contributed by atoms with van der Waals surface area (Å²) < 4.78 is 20.3. The van der Waals surface area contributed by atoms with Crippen molar-refractivity contribution in [3.63, 3.8) is 0 Å². The van der Waals surface area contributed by atoms with Crippen LogP contribution in [0.15, 0.2) is 48.2 Å². The van der Waals surface area contributed by atoms with Gasteiger partial charge < -0.3 is 5.32 Å². The normalized spacial score (nSPS) is 13.4. The summed E-state index contributed by atoms with van der Waals surface area (Å²) >= 11 is 0. The average Bonchev–Trinajstić information content (AvgIpc) is 2.40. The van der Waals surface area contributed by atoms with Crippen LogP contribution in [0.2, 0.25) is 0 Å². The van der Waals surface area contributed by atoms with Gasteiger partial charge in [-0.1, -0.05) is 31.4 Å². The van der Waals surface area contributed by atoms with Crippen molar-refractivity contribution < 1.29 is 8.42 Å². The van der Waals surface area contributed by atoms with E-state index in [4.69, 9.17) is 0 Å². The molecule has 1 heterocycles. The Kier molecular flexibility index (Phi) is 4.97. The zero-order chi connectivity index (χ0) is 12.7. The molecule has 1 aromatic rings. The summed E-state index contributed by atoms with van der Waals surface area (Å²) in [5.41, 5.74) is 2.79. The molecule has 0 spiro atoms. The van der Waals surface area contributed by atoms with Gasteiger partial charge in [-0.05, 0) is 24.5 Å². The van der Waals surface area contributed by atoms with E-state index < -0.39 is 9.84 Å². The fraction of sp³-hybridized carbons (Fsp3) is 0.231. The minimum Gasteiger partial charge on any atom is -0.385 e. The molecule has 1 aliphatic heterocycles. The number of hydrogen-bond donors (Lipinski definition) is 1. The Bertz CT molecular complexity index is 453. The van der Waals surface area contributed by atoms with Gasteiger partial charge in [-0.3, -0.25) is 0 Å². The summed E-state index contributed by atoms with van der Waals surface area (Å²) in [5, 5.41) is 5.06. The lowest BCUT2D eigenvalue weighted by atomic mass is 10.0. The first-order valence-electron chi connectivity index (χ1n) is 5.41. The molecule has 0 aromatic heterocycles. The summed E-state index contributed by atoms with van der Waals surface area (Å²) in [4.78, 5) is 0. The van der Waals surface area contributed by atoms with E-state index in [-0.39, 0.29) is 0 Å². The average molecular weight is 251 g/mol. The molecule has 0 fully saturated rings. The van der Waals surface area contributed by atoms with Crippen LogP contribution < -0.4 is 5.32 Å². The van der Waals surface area contributed by atoms with Crippen molar-refractivity contribution in [2.75, 3.05) is 11.9 Å². The molecular weight excluding hydrogens is 234 g/mol. The zero-order valence-electron chi connectivity index (χ0n) is 9.72. The molecule has 0 atom stereocenters. The molecule has 0 radical (unpaired) electrons. The van der Waals surface area contributed by atoms with Crippen molar-refractivity contribution in [1.82, 2.24) is 0 Å². The summed E-state index contributed by atoms with van der Waals surface area (Å²) in [6.07, 6.45) is 2.51. The van der Waals surface area contributed by atoms with Crippen molar-refractivity contribution in [2.24, 2.45) is 0 Å². The van der Waals surface area contributed by atoms with E-state index in [1.807, 2.05) is 0 Å². The van der Waals surface area contributed by atoms with Crippen molar-refractivity contribution in [3.8, 4) is 0 Å². The molecule has 0 amide bonds. The molecule has 1 aromatic carbocycles. The smallest absolute Gasteiger partial charge is 0.191 e. The lowest BCUT2D eigenvalue weighted by Gasteiger charge is -2.16. The Morgan fingerprint density at radius 1 is 1.18 bits per heavy atom. The second-order valence-electron chi connectivity index (χ2n) is 3.61. The topological polar surface area (TPSA) is 46.2 Å². The van der Waals surface area contributed by atoms with Crippen LogP contribution in [0.5, 0.6) is 0 Å². The largest absolute Gasteiger partial charge is 0.385 e. The van der Waals surface area contributed by atoms with E-state index in [2.05, 4.69) is 42.7 Å². The van der Waals surface area contributed by atoms with Crippen LogP contribution in [0.3, 0.4) is 0 Å². The van der Waals surface area contributed by atoms with Crippen LogP contribution in [0.4, 0.5) is 5.69 Å². The van der Waals surface area contributed by atoms with Gasteiger partial charge in [-0.2, -0.15) is 0 Å². The van der Waals surface area contributed by atoms with Gasteiger partial charge in [0.15, 0.2) is 9.84 Å². The molecule has 1 aliphatic rings. The third kappa shape index (κ3) is 4.44. The quantitative estimate of drug-likeness (QED) is 0.879. The van der Waals surface area contributed by atoms with E-state index in [0.717, 1.165) is 17.4 Å². The maximum absolute atomic E-state index is 10.1. The van der Waals surface area contributed by atoms with Crippen LogP contribution in [0.1, 0.15) is 12.0 Å². The fourth-order valence-corrected chi connectivity index (χ4v) is 1.62. The van der Waals surface area contributed by atoms with Gasteiger partial charge in [-0.25, -0.2) is 8.42 Å². The van der Waals surface area contributed by atoms with Crippen LogP contribution >= 0.6 is 0 Å². The molecule has 2 rings (SSSR count). The van der Waals surface area contributed by atoms with Crippen LogP contribution in [0, 0.1) is 0 Å². The standard InChI is InChI=1S/C9H11N.C4H6O2S/c1-2-6-9-8(4-1)5-3-7-10-9;1-3-7(5,6)4-2/h1-2,4,6,10H,3,5,7H2;3-4H,1-2H2. The monoisotopic (exact) mass is 251 g/mol. The van der Waals surface area contributed by atoms with Crippen molar-refractivity contribution in [2.45, 2.75) is 12.8 Å². The summed E-state index contributed by atoms with van der Waals surface area (Å²) in [6, 6.07) is 8.53. The first kappa shape index (κ1) is 13.5. The predicted octanol–water partition coefficient (Wildman–Crippen LogP) is 2.73. The van der Waals surface area contributed by atoms with E-state index in [1.165, 1.54) is 24.1 Å². The minimum absolute atomic E-state index is 0.847. The molecule has 1 N–H and O–H groups in total. The highest BCUT2D eigenvalue weighted by Gasteiger charge is 2.04. The summed E-state index contributed by atoms with van der Waals surface area (Å²) in [5.74, 6) is 0. The second-order valence-corrected chi connectivity index (χ2v) is 5.45. The predicted molar refractivity (Wildman–Crippen MR) is 72.6 cm³/mol. The van der Waals surface area contributed by atoms with E-state index in [1.54, 1.807) is 0 Å². The van der Waals surface area contributed by atoms with Crippen molar-refractivity contribution in [3.05, 3.63) is 53.8 Å². The van der Waals surface area contributed by atoms with Gasteiger partial charge in [0.2, 0.25) is 0 Å². The SMILES string of the molecule is C=CS(=O)(=O)C=C.c1ccc2c(c1)CCCN2. The highest BCUT2D eigenvalue weighted by atomic mass is 32.2. The van der Waals surface area contributed by atoms with Crippen molar-refractivity contribution in [1.29, 1.82) is 0 Å². The Morgan fingerprint density at radius 2 is 1.82 bits per heavy atom. The van der Waals surface area contributed by atoms with E-state index >= 15 is 0 Å². The molecule has 92 valence electrons. The minimum atomic E-state index is -3.13. The lowest BCUT2D eigenvalue weighted by molar-refractivity contribution is 0.613. The molecule has 0 unspecified atom stereocenters. The van der Waals surface area contributed by atoms with Crippen LogP contribution in [-0.4, -0.2) is 15.0 Å². The molecular formula is C13H17NO2S. The van der Waals surface area contributed by atoms with Gasteiger partial charge >= 0.3 is 0 Å². The van der Waals surface area contributed by atoms with E-state index in [0.29, 0.717) is 0 Å². The van der Waals surface area contributed by atoms with Gasteiger partial charge in [0, 0.05) is 23.0 Å². The zero-order valence-corrected chi connectivity index (χ0v) is 10.5. The second kappa shape index (κ2) is 6.25. The number of aryl methyl sites for hydroxylation is 1. The molecule has 0 aliphatic carbocycles. The van der Waals surface area contributed by atoms with Gasteiger partial charge in [-0.15, -0.1) is 0 Å². The summed E-state index contributed by atoms with van der Waals surface area (Å²) in [7, 11) is -3.13. The number of rotatable bonds is 2. The highest BCUT2D eigenvalue weighted by Crippen LogP contribution is 2.20. The number of nitrogens with one attached hydrogen (secondary N) is 1. The Morgan fingerprint density at radius 3 is 2.35 bits per heavy atom. The van der Waals surface area contributed by atoms with E-state index in [9.17, 15) is 8.42 Å². The number of fused-ring (bicyclic) bond motifs is 1.